The molecule has 1 aliphatic heterocycles. The molecule has 146 valence electrons. The van der Waals surface area contributed by atoms with Crippen molar-refractivity contribution in [2.45, 2.75) is 0 Å². The van der Waals surface area contributed by atoms with Crippen LogP contribution in [-0.2, 0) is 0 Å². The average Bonchev–Trinajstić information content (AvgIpc) is 3.16. The van der Waals surface area contributed by atoms with Crippen LogP contribution in [-0.4, -0.2) is 57.0 Å². The first-order chi connectivity index (χ1) is 14.2. The number of benzene rings is 1. The number of aromatic nitrogens is 3. The number of urea groups is 1. The summed E-state index contributed by atoms with van der Waals surface area (Å²) in [4.78, 5) is 18.3. The molecule has 2 amide bonds. The van der Waals surface area contributed by atoms with E-state index in [2.05, 4.69) is 26.8 Å². The number of piperazine rings is 1. The highest BCUT2D eigenvalue weighted by Crippen LogP contribution is 2.30. The Morgan fingerprint density at radius 1 is 1.14 bits per heavy atom. The fourth-order valence-electron chi connectivity index (χ4n) is 3.09. The van der Waals surface area contributed by atoms with E-state index in [-0.39, 0.29) is 11.9 Å². The van der Waals surface area contributed by atoms with E-state index in [0.717, 1.165) is 18.7 Å². The number of hydrogen-bond donors (Lipinski definition) is 3. The Hall–Kier alpha value is -3.90. The Labute approximate surface area is 167 Å². The minimum atomic E-state index is -0.161. The van der Waals surface area contributed by atoms with E-state index in [4.69, 9.17) is 5.26 Å². The molecule has 1 saturated heterocycles. The Balaban J connectivity index is 1.49. The molecule has 1 fully saturated rings. The molecular formula is C20H19N7O2. The number of carbonyl (C=O) groups is 1. The van der Waals surface area contributed by atoms with Crippen LogP contribution >= 0.6 is 0 Å². The zero-order valence-corrected chi connectivity index (χ0v) is 15.5. The summed E-state index contributed by atoms with van der Waals surface area (Å²) in [5, 5.41) is 29.7. The Bertz CT molecular complexity index is 1050. The van der Waals surface area contributed by atoms with Gasteiger partial charge >= 0.3 is 6.03 Å². The maximum atomic E-state index is 12.3. The fourth-order valence-corrected chi connectivity index (χ4v) is 3.09. The van der Waals surface area contributed by atoms with Crippen molar-refractivity contribution in [1.82, 2.24) is 25.0 Å². The van der Waals surface area contributed by atoms with Crippen molar-refractivity contribution in [2.24, 2.45) is 0 Å². The molecule has 29 heavy (non-hydrogen) atoms. The van der Waals surface area contributed by atoms with E-state index in [9.17, 15) is 9.90 Å². The quantitative estimate of drug-likeness (QED) is 0.630. The lowest BCUT2D eigenvalue weighted by atomic mass is 10.1. The molecular weight excluding hydrogens is 370 g/mol. The van der Waals surface area contributed by atoms with Crippen molar-refractivity contribution in [3.63, 3.8) is 0 Å². The summed E-state index contributed by atoms with van der Waals surface area (Å²) >= 11 is 0. The fraction of sp³-hybridized carbons (Fsp3) is 0.200. The summed E-state index contributed by atoms with van der Waals surface area (Å²) in [6, 6.07) is 12.1. The lowest BCUT2D eigenvalue weighted by Gasteiger charge is -2.27. The number of nitriles is 1. The van der Waals surface area contributed by atoms with Gasteiger partial charge in [0.15, 0.2) is 5.82 Å². The molecule has 0 spiro atoms. The number of aromatic hydroxyl groups is 1. The lowest BCUT2D eigenvalue weighted by molar-refractivity contribution is 0.204. The number of hydrogen-bond acceptors (Lipinski definition) is 6. The Kier molecular flexibility index (Phi) is 5.09. The molecule has 3 N–H and O–H groups in total. The van der Waals surface area contributed by atoms with Gasteiger partial charge in [0.25, 0.3) is 0 Å². The number of anilines is 1. The van der Waals surface area contributed by atoms with E-state index >= 15 is 0 Å². The summed E-state index contributed by atoms with van der Waals surface area (Å²) in [5.41, 5.74) is 2.39. The van der Waals surface area contributed by atoms with E-state index in [1.165, 1.54) is 10.9 Å². The number of carbonyl (C=O) groups excluding carboxylic acids is 1. The molecule has 3 heterocycles. The molecule has 9 heteroatoms. The van der Waals surface area contributed by atoms with Crippen LogP contribution in [0.4, 0.5) is 10.5 Å². The molecule has 0 radical (unpaired) electrons. The van der Waals surface area contributed by atoms with E-state index in [0.29, 0.717) is 35.7 Å². The number of nitrogens with one attached hydrogen (secondary N) is 2. The minimum absolute atomic E-state index is 0.0557. The average molecular weight is 389 g/mol. The maximum Gasteiger partial charge on any atom is 0.321 e. The maximum absolute atomic E-state index is 12.3. The standard InChI is InChI=1S/C20H19N7O2/c21-11-14-1-3-15(4-2-14)17-13-24-27(19(17)28)18-6-5-16(12-23-18)25-20(29)26-9-7-22-8-10-26/h1-6,12-13,22,28H,7-10H2,(H,25,29). The van der Waals surface area contributed by atoms with Gasteiger partial charge in [-0.1, -0.05) is 12.1 Å². The van der Waals surface area contributed by atoms with Gasteiger partial charge < -0.3 is 20.6 Å². The first-order valence-electron chi connectivity index (χ1n) is 9.16. The molecule has 2 aromatic heterocycles. The van der Waals surface area contributed by atoms with Crippen LogP contribution in [0.1, 0.15) is 5.56 Å². The zero-order valence-electron chi connectivity index (χ0n) is 15.5. The Morgan fingerprint density at radius 2 is 1.90 bits per heavy atom. The largest absolute Gasteiger partial charge is 0.493 e. The predicted octanol–water partition coefficient (Wildman–Crippen LogP) is 1.95. The van der Waals surface area contributed by atoms with Crippen molar-refractivity contribution in [2.75, 3.05) is 31.5 Å². The van der Waals surface area contributed by atoms with Crippen molar-refractivity contribution >= 4 is 11.7 Å². The van der Waals surface area contributed by atoms with Crippen molar-refractivity contribution in [3.8, 4) is 28.9 Å². The second-order valence-corrected chi connectivity index (χ2v) is 6.56. The smallest absolute Gasteiger partial charge is 0.321 e. The summed E-state index contributed by atoms with van der Waals surface area (Å²) in [6.45, 7) is 2.89. The summed E-state index contributed by atoms with van der Waals surface area (Å²) in [5.74, 6) is 0.363. The van der Waals surface area contributed by atoms with Gasteiger partial charge in [-0.05, 0) is 29.8 Å². The molecule has 0 saturated carbocycles. The number of pyridine rings is 1. The third-order valence-corrected chi connectivity index (χ3v) is 4.69. The second-order valence-electron chi connectivity index (χ2n) is 6.56. The van der Waals surface area contributed by atoms with Crippen LogP contribution in [0.3, 0.4) is 0 Å². The molecule has 1 aromatic carbocycles. The van der Waals surface area contributed by atoms with Gasteiger partial charge in [0.1, 0.15) is 0 Å². The molecule has 0 bridgehead atoms. The third kappa shape index (κ3) is 3.88. The van der Waals surface area contributed by atoms with Gasteiger partial charge in [-0.3, -0.25) is 0 Å². The van der Waals surface area contributed by atoms with Crippen LogP contribution in [0.15, 0.2) is 48.8 Å². The predicted molar refractivity (Wildman–Crippen MR) is 107 cm³/mol. The normalized spacial score (nSPS) is 13.7. The number of rotatable bonds is 3. The van der Waals surface area contributed by atoms with Gasteiger partial charge in [0.05, 0.1) is 35.3 Å². The lowest BCUT2D eigenvalue weighted by Crippen LogP contribution is -2.48. The molecule has 0 atom stereocenters. The van der Waals surface area contributed by atoms with Crippen molar-refractivity contribution in [1.29, 1.82) is 5.26 Å². The summed E-state index contributed by atoms with van der Waals surface area (Å²) in [7, 11) is 0. The first kappa shape index (κ1) is 18.5. The first-order valence-corrected chi connectivity index (χ1v) is 9.16. The number of nitrogens with zero attached hydrogens (tertiary/aromatic N) is 5. The van der Waals surface area contributed by atoms with E-state index in [1.807, 2.05) is 0 Å². The number of amides is 2. The Morgan fingerprint density at radius 3 is 2.55 bits per heavy atom. The molecule has 4 rings (SSSR count). The minimum Gasteiger partial charge on any atom is -0.493 e. The molecule has 0 unspecified atom stereocenters. The van der Waals surface area contributed by atoms with E-state index in [1.54, 1.807) is 47.5 Å². The van der Waals surface area contributed by atoms with Gasteiger partial charge in [0.2, 0.25) is 5.88 Å². The highest BCUT2D eigenvalue weighted by atomic mass is 16.3. The highest BCUT2D eigenvalue weighted by molar-refractivity contribution is 5.89. The molecule has 1 aliphatic rings. The van der Waals surface area contributed by atoms with Crippen LogP contribution in [0.25, 0.3) is 16.9 Å². The van der Waals surface area contributed by atoms with Crippen molar-refractivity contribution < 1.29 is 9.90 Å². The molecule has 0 aliphatic carbocycles. The second kappa shape index (κ2) is 8.00. The van der Waals surface area contributed by atoms with Crippen LogP contribution in [0.2, 0.25) is 0 Å². The molecule has 9 nitrogen and oxygen atoms in total. The third-order valence-electron chi connectivity index (χ3n) is 4.69. The van der Waals surface area contributed by atoms with Gasteiger partial charge in [-0.2, -0.15) is 15.0 Å². The van der Waals surface area contributed by atoms with Gasteiger partial charge in [-0.25, -0.2) is 9.78 Å². The summed E-state index contributed by atoms with van der Waals surface area (Å²) < 4.78 is 1.31. The monoisotopic (exact) mass is 389 g/mol. The summed E-state index contributed by atoms with van der Waals surface area (Å²) in [6.07, 6.45) is 3.07. The van der Waals surface area contributed by atoms with Crippen LogP contribution in [0.5, 0.6) is 5.88 Å². The SMILES string of the molecule is N#Cc1ccc(-c2cnn(-c3ccc(NC(=O)N4CCNCC4)cn3)c2O)cc1. The van der Waals surface area contributed by atoms with Gasteiger partial charge in [-0.15, -0.1) is 0 Å². The molecule has 3 aromatic rings. The van der Waals surface area contributed by atoms with Crippen molar-refractivity contribution in [3.05, 3.63) is 54.4 Å². The van der Waals surface area contributed by atoms with E-state index < -0.39 is 0 Å². The van der Waals surface area contributed by atoms with Crippen LogP contribution < -0.4 is 10.6 Å². The highest BCUT2D eigenvalue weighted by Gasteiger charge is 2.17. The zero-order chi connectivity index (χ0) is 20.2. The van der Waals surface area contributed by atoms with Gasteiger partial charge in [0, 0.05) is 26.2 Å². The topological polar surface area (TPSA) is 119 Å². The van der Waals surface area contributed by atoms with Crippen LogP contribution in [0, 0.1) is 11.3 Å².